The van der Waals surface area contributed by atoms with Crippen molar-refractivity contribution in [1.29, 1.82) is 0 Å². The molecule has 7 heteroatoms. The van der Waals surface area contributed by atoms with E-state index in [0.29, 0.717) is 6.42 Å². The van der Waals surface area contributed by atoms with Crippen molar-refractivity contribution < 1.29 is 51.9 Å². The Kier molecular flexibility index (Phi) is 35.6. The Morgan fingerprint density at radius 3 is 0.903 bits per heavy atom. The average molecular weight is 473 g/mol. The second-order valence-electron chi connectivity index (χ2n) is 8.41. The molecule has 0 saturated carbocycles. The normalized spacial score (nSPS) is 10.8. The van der Waals surface area contributed by atoms with E-state index in [1.165, 1.54) is 128 Å². The third kappa shape index (κ3) is 49.0. The zero-order valence-electron chi connectivity index (χ0n) is 20.6. The Morgan fingerprint density at radius 1 is 0.516 bits per heavy atom. The van der Waals surface area contributed by atoms with Gasteiger partial charge >= 0.3 is 40.0 Å². The van der Waals surface area contributed by atoms with Crippen molar-refractivity contribution in [3.05, 3.63) is 0 Å². The van der Waals surface area contributed by atoms with E-state index in [-0.39, 0.29) is 29.6 Å². The summed E-state index contributed by atoms with van der Waals surface area (Å²) in [6.45, 7) is 2.29. The SMILES string of the molecule is CCCCCCCCCCCCCCCCCCCCCCC[C-]=O.O=S(=O)(O)O.[Na+]. The molecule has 0 rings (SSSR count). The Morgan fingerprint density at radius 2 is 0.710 bits per heavy atom. The molecule has 0 aliphatic carbocycles. The van der Waals surface area contributed by atoms with Crippen LogP contribution in [0.4, 0.5) is 0 Å². The number of rotatable bonds is 22. The minimum atomic E-state index is -4.67. The molecule has 0 heterocycles. The number of hydrogen-bond acceptors (Lipinski definition) is 3. The predicted molar refractivity (Wildman–Crippen MR) is 127 cm³/mol. The van der Waals surface area contributed by atoms with Gasteiger partial charge in [0.25, 0.3) is 0 Å². The maximum atomic E-state index is 10.1. The molecule has 0 aliphatic heterocycles. The first kappa shape index (κ1) is 36.1. The van der Waals surface area contributed by atoms with E-state index in [2.05, 4.69) is 6.92 Å². The van der Waals surface area contributed by atoms with Crippen LogP contribution in [0.25, 0.3) is 0 Å². The van der Waals surface area contributed by atoms with Crippen molar-refractivity contribution in [3.63, 3.8) is 0 Å². The van der Waals surface area contributed by atoms with Crippen LogP contribution in [0.1, 0.15) is 148 Å². The van der Waals surface area contributed by atoms with Crippen molar-refractivity contribution in [1.82, 2.24) is 0 Å². The van der Waals surface area contributed by atoms with E-state index in [1.807, 2.05) is 6.29 Å². The summed E-state index contributed by atoms with van der Waals surface area (Å²) in [5.41, 5.74) is 0. The Labute approximate surface area is 215 Å². The van der Waals surface area contributed by atoms with Gasteiger partial charge in [-0.2, -0.15) is 14.8 Å². The van der Waals surface area contributed by atoms with Crippen molar-refractivity contribution in [2.45, 2.75) is 148 Å². The molecule has 0 aromatic carbocycles. The van der Waals surface area contributed by atoms with E-state index in [0.717, 1.165) is 6.42 Å². The summed E-state index contributed by atoms with van der Waals surface area (Å²) in [4.78, 5) is 10.1. The van der Waals surface area contributed by atoms with E-state index >= 15 is 0 Å². The third-order valence-corrected chi connectivity index (χ3v) is 5.38. The summed E-state index contributed by atoms with van der Waals surface area (Å²) >= 11 is 0. The molecule has 0 spiro atoms. The third-order valence-electron chi connectivity index (χ3n) is 5.38. The zero-order chi connectivity index (χ0) is 22.8. The van der Waals surface area contributed by atoms with Crippen LogP contribution in [0, 0.1) is 0 Å². The van der Waals surface area contributed by atoms with Gasteiger partial charge in [0.2, 0.25) is 0 Å². The van der Waals surface area contributed by atoms with Crippen LogP contribution < -0.4 is 29.6 Å². The van der Waals surface area contributed by atoms with Gasteiger partial charge in [0.1, 0.15) is 0 Å². The molecular weight excluding hydrogens is 423 g/mol. The van der Waals surface area contributed by atoms with E-state index < -0.39 is 10.4 Å². The van der Waals surface area contributed by atoms with Gasteiger partial charge in [0, 0.05) is 0 Å². The summed E-state index contributed by atoms with van der Waals surface area (Å²) < 4.78 is 31.6. The molecule has 0 aromatic rings. The molecule has 0 bridgehead atoms. The molecule has 2 N–H and O–H groups in total. The maximum absolute atomic E-state index is 10.1. The summed E-state index contributed by atoms with van der Waals surface area (Å²) in [5.74, 6) is 0. The number of hydrogen-bond donors (Lipinski definition) is 2. The molecule has 31 heavy (non-hydrogen) atoms. The predicted octanol–water partition coefficient (Wildman–Crippen LogP) is 5.05. The molecule has 0 fully saturated rings. The van der Waals surface area contributed by atoms with Gasteiger partial charge in [0.15, 0.2) is 0 Å². The second-order valence-corrected chi connectivity index (χ2v) is 9.31. The first-order valence-corrected chi connectivity index (χ1v) is 13.9. The topological polar surface area (TPSA) is 91.7 Å². The van der Waals surface area contributed by atoms with Crippen LogP contribution in [0.3, 0.4) is 0 Å². The largest absolute Gasteiger partial charge is 1.00 e. The van der Waals surface area contributed by atoms with Crippen molar-refractivity contribution in [3.8, 4) is 0 Å². The summed E-state index contributed by atoms with van der Waals surface area (Å²) in [6.07, 6.45) is 32.1. The molecule has 0 saturated heterocycles. The van der Waals surface area contributed by atoms with Crippen LogP contribution in [0.15, 0.2) is 0 Å². The number of carbonyl (C=O) groups excluding carboxylic acids is 1. The molecule has 0 aromatic heterocycles. The summed E-state index contributed by atoms with van der Waals surface area (Å²) in [6, 6.07) is 0. The van der Waals surface area contributed by atoms with Crippen molar-refractivity contribution >= 4 is 16.7 Å². The van der Waals surface area contributed by atoms with Gasteiger partial charge in [-0.25, -0.2) is 0 Å². The van der Waals surface area contributed by atoms with Crippen molar-refractivity contribution in [2.75, 3.05) is 0 Å². The molecule has 0 aliphatic rings. The quantitative estimate of drug-likeness (QED) is 0.0996. The monoisotopic (exact) mass is 472 g/mol. The minimum absolute atomic E-state index is 0. The standard InChI is InChI=1S/C24H47O.Na.H2O4S/c1-2-3-4-5-6-7-8-9-10-11-12-13-14-15-16-17-18-19-20-21-22-23-24-25;;1-5(2,3)4/h2-23H2,1H3;;(H2,1,2,3,4)/q-1;+1;. The van der Waals surface area contributed by atoms with Crippen LogP contribution in [-0.2, 0) is 15.2 Å². The van der Waals surface area contributed by atoms with Crippen LogP contribution >= 0.6 is 0 Å². The van der Waals surface area contributed by atoms with E-state index in [9.17, 15) is 4.79 Å². The summed E-state index contributed by atoms with van der Waals surface area (Å²) in [5, 5.41) is 0. The fraction of sp³-hybridized carbons (Fsp3) is 0.958. The molecule has 0 unspecified atom stereocenters. The Balaban J connectivity index is -0.00000116. The molecular formula is C24H49NaO5S. The van der Waals surface area contributed by atoms with Gasteiger partial charge in [-0.05, 0) is 0 Å². The molecule has 182 valence electrons. The van der Waals surface area contributed by atoms with Gasteiger partial charge < -0.3 is 4.79 Å². The fourth-order valence-electron chi connectivity index (χ4n) is 3.63. The molecule has 0 radical (unpaired) electrons. The first-order valence-electron chi connectivity index (χ1n) is 12.5. The zero-order valence-corrected chi connectivity index (χ0v) is 23.4. The average Bonchev–Trinajstić information content (AvgIpc) is 2.68. The van der Waals surface area contributed by atoms with Crippen LogP contribution in [-0.4, -0.2) is 23.8 Å². The molecule has 0 amide bonds. The Hall–Kier alpha value is 0.540. The first-order chi connectivity index (χ1) is 14.4. The number of unbranched alkanes of at least 4 members (excludes halogenated alkanes) is 21. The molecule has 5 nitrogen and oxygen atoms in total. The van der Waals surface area contributed by atoms with Crippen LogP contribution in [0.2, 0.25) is 0 Å². The molecule has 0 atom stereocenters. The smallest absolute Gasteiger partial charge is 0.542 e. The maximum Gasteiger partial charge on any atom is 1.00 e. The fourth-order valence-corrected chi connectivity index (χ4v) is 3.63. The van der Waals surface area contributed by atoms with E-state index in [4.69, 9.17) is 17.5 Å². The minimum Gasteiger partial charge on any atom is -0.542 e. The summed E-state index contributed by atoms with van der Waals surface area (Å²) in [7, 11) is -4.67. The van der Waals surface area contributed by atoms with E-state index in [1.54, 1.807) is 0 Å². The second kappa shape index (κ2) is 30.5. The van der Waals surface area contributed by atoms with Gasteiger partial charge in [-0.3, -0.25) is 15.4 Å². The Bertz CT molecular complexity index is 422. The van der Waals surface area contributed by atoms with Gasteiger partial charge in [0.05, 0.1) is 0 Å². The van der Waals surface area contributed by atoms with Gasteiger partial charge in [-0.15, -0.1) is 0 Å². The van der Waals surface area contributed by atoms with Crippen molar-refractivity contribution in [2.24, 2.45) is 0 Å². The van der Waals surface area contributed by atoms with Gasteiger partial charge in [-0.1, -0.05) is 142 Å². The van der Waals surface area contributed by atoms with Crippen LogP contribution in [0.5, 0.6) is 0 Å².